The Kier molecular flexibility index (Phi) is 7.75. The number of methoxy groups -OCH3 is 1. The van der Waals surface area contributed by atoms with E-state index in [1.165, 1.54) is 6.21 Å². The number of hydrogen-bond acceptors (Lipinski definition) is 6. The molecule has 0 aliphatic rings. The van der Waals surface area contributed by atoms with Crippen LogP contribution in [0.3, 0.4) is 0 Å². The number of amides is 1. The fourth-order valence-electron chi connectivity index (χ4n) is 2.64. The molecule has 0 aliphatic heterocycles. The van der Waals surface area contributed by atoms with Crippen LogP contribution in [-0.2, 0) is 0 Å². The Balaban J connectivity index is 1.57. The van der Waals surface area contributed by atoms with Crippen LogP contribution < -0.4 is 19.6 Å². The smallest absolute Gasteiger partial charge is 0.343 e. The van der Waals surface area contributed by atoms with Crippen LogP contribution in [0.5, 0.6) is 17.2 Å². The highest BCUT2D eigenvalue weighted by Crippen LogP contribution is 2.17. The van der Waals surface area contributed by atoms with Gasteiger partial charge in [0.2, 0.25) is 0 Å². The second-order valence-electron chi connectivity index (χ2n) is 6.51. The van der Waals surface area contributed by atoms with Crippen molar-refractivity contribution >= 4 is 18.1 Å². The summed E-state index contributed by atoms with van der Waals surface area (Å²) in [6, 6.07) is 20.1. The summed E-state index contributed by atoms with van der Waals surface area (Å²) in [5.74, 6) is 0.801. The Bertz CT molecular complexity index is 1110. The molecule has 3 aromatic rings. The molecule has 162 valence electrons. The number of nitrogens with one attached hydrogen (secondary N) is 1. The summed E-state index contributed by atoms with van der Waals surface area (Å²) >= 11 is 0. The second-order valence-corrected chi connectivity index (χ2v) is 6.51. The van der Waals surface area contributed by atoms with E-state index in [1.807, 2.05) is 0 Å². The average Bonchev–Trinajstić information content (AvgIpc) is 2.83. The minimum atomic E-state index is -0.490. The van der Waals surface area contributed by atoms with Crippen molar-refractivity contribution in [2.45, 2.75) is 0 Å². The van der Waals surface area contributed by atoms with Gasteiger partial charge in [-0.25, -0.2) is 10.2 Å². The number of nitrogens with zero attached hydrogens (tertiary/aromatic N) is 1. The van der Waals surface area contributed by atoms with Crippen LogP contribution in [0.2, 0.25) is 0 Å². The van der Waals surface area contributed by atoms with E-state index in [2.05, 4.69) is 17.1 Å². The van der Waals surface area contributed by atoms with Crippen molar-refractivity contribution in [2.24, 2.45) is 5.10 Å². The summed E-state index contributed by atoms with van der Waals surface area (Å²) in [6.07, 6.45) is 3.11. The molecule has 3 aromatic carbocycles. The molecule has 0 bridgehead atoms. The predicted molar refractivity (Wildman–Crippen MR) is 122 cm³/mol. The minimum Gasteiger partial charge on any atom is -0.497 e. The lowest BCUT2D eigenvalue weighted by molar-refractivity contribution is 0.0734. The van der Waals surface area contributed by atoms with Crippen molar-refractivity contribution in [3.05, 3.63) is 102 Å². The summed E-state index contributed by atoms with van der Waals surface area (Å²) in [7, 11) is 1.55. The highest BCUT2D eigenvalue weighted by molar-refractivity contribution is 5.95. The van der Waals surface area contributed by atoms with Crippen LogP contribution in [0.4, 0.5) is 0 Å². The monoisotopic (exact) mass is 430 g/mol. The van der Waals surface area contributed by atoms with Crippen LogP contribution >= 0.6 is 0 Å². The first-order valence-corrected chi connectivity index (χ1v) is 9.72. The second kappa shape index (κ2) is 11.1. The Morgan fingerprint density at radius 2 is 1.62 bits per heavy atom. The maximum Gasteiger partial charge on any atom is 0.343 e. The molecule has 0 saturated carbocycles. The van der Waals surface area contributed by atoms with E-state index in [0.717, 1.165) is 0 Å². The van der Waals surface area contributed by atoms with Gasteiger partial charge < -0.3 is 14.2 Å². The topological polar surface area (TPSA) is 86.2 Å². The summed E-state index contributed by atoms with van der Waals surface area (Å²) < 4.78 is 15.9. The molecule has 1 N–H and O–H groups in total. The predicted octanol–water partition coefficient (Wildman–Crippen LogP) is 4.24. The van der Waals surface area contributed by atoms with Gasteiger partial charge in [-0.3, -0.25) is 4.79 Å². The molecule has 1 amide bonds. The lowest BCUT2D eigenvalue weighted by atomic mass is 10.2. The molecule has 0 aliphatic carbocycles. The highest BCUT2D eigenvalue weighted by atomic mass is 16.5. The van der Waals surface area contributed by atoms with Crippen molar-refractivity contribution in [1.29, 1.82) is 0 Å². The Hall–Kier alpha value is -4.39. The fraction of sp³-hybridized carbons (Fsp3) is 0.0800. The molecule has 7 nitrogen and oxygen atoms in total. The maximum atomic E-state index is 12.3. The summed E-state index contributed by atoms with van der Waals surface area (Å²) in [5, 5.41) is 3.96. The first-order chi connectivity index (χ1) is 15.6. The van der Waals surface area contributed by atoms with Gasteiger partial charge in [0.25, 0.3) is 5.91 Å². The van der Waals surface area contributed by atoms with Crippen molar-refractivity contribution in [1.82, 2.24) is 5.43 Å². The highest BCUT2D eigenvalue weighted by Gasteiger charge is 2.09. The molecule has 0 saturated heterocycles. The van der Waals surface area contributed by atoms with Gasteiger partial charge in [-0.05, 0) is 66.2 Å². The molecule has 0 unspecified atom stereocenters. The third kappa shape index (κ3) is 6.30. The number of hydrogen-bond donors (Lipinski definition) is 1. The normalized spacial score (nSPS) is 10.4. The molecular formula is C25H22N2O5. The third-order valence-corrected chi connectivity index (χ3v) is 4.26. The molecule has 0 heterocycles. The number of carbonyl (C=O) groups excluding carboxylic acids is 2. The quantitative estimate of drug-likeness (QED) is 0.180. The van der Waals surface area contributed by atoms with E-state index >= 15 is 0 Å². The van der Waals surface area contributed by atoms with Crippen LogP contribution in [0.15, 0.2) is 90.6 Å². The molecular weight excluding hydrogens is 408 g/mol. The van der Waals surface area contributed by atoms with E-state index in [4.69, 9.17) is 14.2 Å². The number of benzene rings is 3. The van der Waals surface area contributed by atoms with E-state index in [-0.39, 0.29) is 5.91 Å². The van der Waals surface area contributed by atoms with E-state index < -0.39 is 5.97 Å². The molecule has 0 fully saturated rings. The third-order valence-electron chi connectivity index (χ3n) is 4.26. The van der Waals surface area contributed by atoms with Gasteiger partial charge in [0.1, 0.15) is 23.9 Å². The largest absolute Gasteiger partial charge is 0.497 e. The van der Waals surface area contributed by atoms with Gasteiger partial charge in [0.05, 0.1) is 18.9 Å². The van der Waals surface area contributed by atoms with Crippen LogP contribution in [0, 0.1) is 0 Å². The Morgan fingerprint density at radius 3 is 2.31 bits per heavy atom. The van der Waals surface area contributed by atoms with Gasteiger partial charge >= 0.3 is 5.97 Å². The molecule has 0 aromatic heterocycles. The molecule has 0 atom stereocenters. The van der Waals surface area contributed by atoms with Crippen LogP contribution in [0.25, 0.3) is 0 Å². The summed E-state index contributed by atoms with van der Waals surface area (Å²) in [4.78, 5) is 24.5. The van der Waals surface area contributed by atoms with Gasteiger partial charge in [-0.15, -0.1) is 0 Å². The molecule has 7 heteroatoms. The lowest BCUT2D eigenvalue weighted by Crippen LogP contribution is -2.17. The number of esters is 1. The zero-order valence-corrected chi connectivity index (χ0v) is 17.5. The van der Waals surface area contributed by atoms with Crippen molar-refractivity contribution < 1.29 is 23.8 Å². The van der Waals surface area contributed by atoms with Crippen LogP contribution in [-0.4, -0.2) is 31.8 Å². The molecule has 0 spiro atoms. The van der Waals surface area contributed by atoms with E-state index in [1.54, 1.807) is 86.0 Å². The standard InChI is InChI=1S/C25H22N2O5/c1-3-15-31-22-13-7-19(8-14-22)24(28)27-26-17-18-5-4-6-23(16-18)32-25(29)20-9-11-21(30-2)12-10-20/h3-14,16-17H,1,15H2,2H3,(H,27,28). The van der Waals surface area contributed by atoms with E-state index in [0.29, 0.717) is 40.5 Å². The van der Waals surface area contributed by atoms with Crippen molar-refractivity contribution in [3.8, 4) is 17.2 Å². The summed E-state index contributed by atoms with van der Waals surface area (Å²) in [6.45, 7) is 3.98. The van der Waals surface area contributed by atoms with Crippen molar-refractivity contribution in [3.63, 3.8) is 0 Å². The number of carbonyl (C=O) groups is 2. The first kappa shape index (κ1) is 22.3. The zero-order valence-electron chi connectivity index (χ0n) is 17.5. The van der Waals surface area contributed by atoms with Crippen molar-refractivity contribution in [2.75, 3.05) is 13.7 Å². The lowest BCUT2D eigenvalue weighted by Gasteiger charge is -2.06. The van der Waals surface area contributed by atoms with Gasteiger partial charge in [0, 0.05) is 5.56 Å². The van der Waals surface area contributed by atoms with Gasteiger partial charge in [0.15, 0.2) is 0 Å². The maximum absolute atomic E-state index is 12.3. The average molecular weight is 430 g/mol. The molecule has 0 radical (unpaired) electrons. The summed E-state index contributed by atoms with van der Waals surface area (Å²) in [5.41, 5.74) is 3.95. The van der Waals surface area contributed by atoms with Gasteiger partial charge in [-0.1, -0.05) is 24.8 Å². The fourth-order valence-corrected chi connectivity index (χ4v) is 2.64. The number of hydrazone groups is 1. The Morgan fingerprint density at radius 1 is 0.938 bits per heavy atom. The van der Waals surface area contributed by atoms with Gasteiger partial charge in [-0.2, -0.15) is 5.10 Å². The van der Waals surface area contributed by atoms with Crippen LogP contribution in [0.1, 0.15) is 26.3 Å². The first-order valence-electron chi connectivity index (χ1n) is 9.72. The zero-order chi connectivity index (χ0) is 22.8. The number of rotatable bonds is 9. The SMILES string of the molecule is C=CCOc1ccc(C(=O)NN=Cc2cccc(OC(=O)c3ccc(OC)cc3)c2)cc1. The molecule has 32 heavy (non-hydrogen) atoms. The minimum absolute atomic E-state index is 0.358. The Labute approximate surface area is 185 Å². The molecule has 3 rings (SSSR count). The number of ether oxygens (including phenoxy) is 3. The van der Waals surface area contributed by atoms with E-state index in [9.17, 15) is 9.59 Å².